The van der Waals surface area contributed by atoms with E-state index in [-0.39, 0.29) is 0 Å². The van der Waals surface area contributed by atoms with E-state index in [1.54, 1.807) is 12.1 Å². The van der Waals surface area contributed by atoms with Crippen molar-refractivity contribution in [1.29, 1.82) is 0 Å². The number of hydrogen-bond donors (Lipinski definition) is 0. The van der Waals surface area contributed by atoms with Crippen molar-refractivity contribution in [3.05, 3.63) is 67.6 Å². The van der Waals surface area contributed by atoms with Crippen molar-refractivity contribution in [3.63, 3.8) is 0 Å². The Morgan fingerprint density at radius 3 is 1.18 bits per heavy atom. The smallest absolute Gasteiger partial charge is 0.152 e. The highest BCUT2D eigenvalue weighted by molar-refractivity contribution is 6.38. The predicted octanol–water partition coefficient (Wildman–Crippen LogP) is 8.15. The summed E-state index contributed by atoms with van der Waals surface area (Å²) in [6.07, 6.45) is 0. The molecule has 4 nitrogen and oxygen atoms in total. The van der Waals surface area contributed by atoms with Crippen molar-refractivity contribution < 1.29 is 0 Å². The molecule has 2 aromatic rings. The minimum absolute atomic E-state index is 0.428. The molecule has 2 heterocycles. The Balaban J connectivity index is 1.99. The Morgan fingerprint density at radius 2 is 0.882 bits per heavy atom. The highest BCUT2D eigenvalue weighted by Crippen LogP contribution is 2.49. The monoisotopic (exact) mass is 538 g/mol. The van der Waals surface area contributed by atoms with Crippen LogP contribution in [0.5, 0.6) is 0 Å². The van der Waals surface area contributed by atoms with Crippen molar-refractivity contribution in [1.82, 2.24) is 10.0 Å². The summed E-state index contributed by atoms with van der Waals surface area (Å²) in [7, 11) is 0. The first kappa shape index (κ1) is 25.6. The molecule has 8 heteroatoms. The minimum Gasteiger partial charge on any atom is -0.258 e. The van der Waals surface area contributed by atoms with Crippen molar-refractivity contribution in [2.45, 2.75) is 77.5 Å². The van der Waals surface area contributed by atoms with Crippen LogP contribution >= 0.6 is 46.4 Å². The zero-order valence-electron chi connectivity index (χ0n) is 20.8. The van der Waals surface area contributed by atoms with E-state index in [2.05, 4.69) is 65.4 Å². The number of halogens is 4. The lowest BCUT2D eigenvalue weighted by molar-refractivity contribution is -0.0540. The lowest BCUT2D eigenvalue weighted by Crippen LogP contribution is -2.67. The second-order valence-electron chi connectivity index (χ2n) is 11.0. The first-order valence-corrected chi connectivity index (χ1v) is 12.7. The summed E-state index contributed by atoms with van der Waals surface area (Å²) >= 11 is 25.9. The summed E-state index contributed by atoms with van der Waals surface area (Å²) in [6, 6.07) is 11.0. The normalized spacial score (nSPS) is 22.1. The quantitative estimate of drug-likeness (QED) is 0.394. The molecule has 0 radical (unpaired) electrons. The first-order valence-electron chi connectivity index (χ1n) is 11.2. The number of rotatable bonds is 3. The molecule has 4 rings (SSSR count). The van der Waals surface area contributed by atoms with E-state index in [1.807, 2.05) is 24.3 Å². The topological polar surface area (TPSA) is 31.2 Å². The van der Waals surface area contributed by atoms with Crippen LogP contribution in [0.1, 0.15) is 66.5 Å². The molecule has 0 spiro atoms. The summed E-state index contributed by atoms with van der Waals surface area (Å²) in [5.41, 5.74) is -0.0873. The van der Waals surface area contributed by atoms with Crippen molar-refractivity contribution >= 4 is 58.1 Å². The lowest BCUT2D eigenvalue weighted by Gasteiger charge is -2.53. The van der Waals surface area contributed by atoms with E-state index in [0.29, 0.717) is 20.1 Å². The lowest BCUT2D eigenvalue weighted by atomic mass is 9.81. The maximum atomic E-state index is 6.71. The highest BCUT2D eigenvalue weighted by atomic mass is 35.5. The molecule has 0 fully saturated rings. The molecular formula is C26H30Cl4N4. The summed E-state index contributed by atoms with van der Waals surface area (Å²) in [5.74, 6) is 1.53. The third-order valence-corrected chi connectivity index (χ3v) is 8.87. The molecule has 0 amide bonds. The van der Waals surface area contributed by atoms with Crippen LogP contribution in [0.25, 0.3) is 0 Å². The summed E-state index contributed by atoms with van der Waals surface area (Å²) < 4.78 is 0. The van der Waals surface area contributed by atoms with Crippen LogP contribution in [0.4, 0.5) is 0 Å². The van der Waals surface area contributed by atoms with E-state index in [0.717, 1.165) is 22.8 Å². The average Bonchev–Trinajstić information content (AvgIpc) is 2.97. The highest BCUT2D eigenvalue weighted by Gasteiger charge is 2.60. The SMILES string of the molecule is CC1(C)N=C(c2ccc(Cl)cc2Cl)N(N2C(c3ccc(Cl)cc3Cl)=NC(C)(C)C2(C)C)C1(C)C. The summed E-state index contributed by atoms with van der Waals surface area (Å²) in [4.78, 5) is 10.4. The second kappa shape index (κ2) is 8.03. The number of nitrogens with zero attached hydrogens (tertiary/aromatic N) is 4. The van der Waals surface area contributed by atoms with Gasteiger partial charge in [0.05, 0.1) is 32.2 Å². The Morgan fingerprint density at radius 1 is 0.559 bits per heavy atom. The van der Waals surface area contributed by atoms with Crippen LogP contribution in [-0.2, 0) is 0 Å². The molecule has 2 aromatic carbocycles. The molecule has 0 saturated heterocycles. The standard InChI is InChI=1S/C26H30Cl4N4/c1-23(2)25(5,6)33(21(31-23)17-11-9-15(27)13-19(17)29)34-22(32-24(3,4)26(34,7)8)18-12-10-16(28)14-20(18)30/h9-14H,1-8H3. The van der Waals surface area contributed by atoms with E-state index in [1.165, 1.54) is 0 Å². The molecule has 0 unspecified atom stereocenters. The van der Waals surface area contributed by atoms with Gasteiger partial charge < -0.3 is 0 Å². The van der Waals surface area contributed by atoms with Crippen LogP contribution < -0.4 is 0 Å². The number of benzene rings is 2. The number of amidine groups is 2. The summed E-state index contributed by atoms with van der Waals surface area (Å²) in [5, 5.41) is 6.72. The molecule has 0 saturated carbocycles. The van der Waals surface area contributed by atoms with Crippen LogP contribution in [0.3, 0.4) is 0 Å². The minimum atomic E-state index is -0.428. The molecule has 0 atom stereocenters. The van der Waals surface area contributed by atoms with Gasteiger partial charge in [0.2, 0.25) is 0 Å². The molecule has 34 heavy (non-hydrogen) atoms. The average molecular weight is 540 g/mol. The fourth-order valence-corrected chi connectivity index (χ4v) is 5.31. The van der Waals surface area contributed by atoms with Crippen LogP contribution in [-0.4, -0.2) is 43.8 Å². The van der Waals surface area contributed by atoms with Crippen LogP contribution in [0.15, 0.2) is 46.4 Å². The molecule has 0 aromatic heterocycles. The molecular weight excluding hydrogens is 510 g/mol. The van der Waals surface area contributed by atoms with Gasteiger partial charge in [-0.15, -0.1) is 0 Å². The van der Waals surface area contributed by atoms with Crippen molar-refractivity contribution in [2.75, 3.05) is 0 Å². The van der Waals surface area contributed by atoms with Gasteiger partial charge in [0.15, 0.2) is 11.7 Å². The van der Waals surface area contributed by atoms with Gasteiger partial charge in [-0.25, -0.2) is 0 Å². The Bertz CT molecular complexity index is 1130. The van der Waals surface area contributed by atoms with Crippen molar-refractivity contribution in [3.8, 4) is 0 Å². The van der Waals surface area contributed by atoms with Crippen LogP contribution in [0.2, 0.25) is 20.1 Å². The zero-order chi connectivity index (χ0) is 25.4. The Kier molecular flexibility index (Phi) is 6.05. The zero-order valence-corrected chi connectivity index (χ0v) is 23.8. The third-order valence-electron chi connectivity index (χ3n) is 7.77. The van der Waals surface area contributed by atoms with E-state index >= 15 is 0 Å². The maximum absolute atomic E-state index is 6.71. The van der Waals surface area contributed by atoms with Crippen LogP contribution in [0, 0.1) is 0 Å². The summed E-state index contributed by atoms with van der Waals surface area (Å²) in [6.45, 7) is 17.3. The number of aliphatic imine (C=N–C) groups is 2. The van der Waals surface area contributed by atoms with Gasteiger partial charge in [-0.1, -0.05) is 46.4 Å². The van der Waals surface area contributed by atoms with Gasteiger partial charge in [-0.05, 0) is 91.8 Å². The Hall–Kier alpha value is -1.46. The fourth-order valence-electron chi connectivity index (χ4n) is 4.33. The van der Waals surface area contributed by atoms with Gasteiger partial charge in [0.1, 0.15) is 0 Å². The molecule has 182 valence electrons. The van der Waals surface area contributed by atoms with Gasteiger partial charge in [-0.2, -0.15) is 0 Å². The van der Waals surface area contributed by atoms with E-state index < -0.39 is 22.2 Å². The van der Waals surface area contributed by atoms with Gasteiger partial charge in [-0.3, -0.25) is 20.0 Å². The Labute approximate surface area is 222 Å². The number of hydrazine groups is 1. The van der Waals surface area contributed by atoms with Crippen molar-refractivity contribution in [2.24, 2.45) is 9.98 Å². The molecule has 2 aliphatic heterocycles. The first-order chi connectivity index (χ1) is 15.5. The third kappa shape index (κ3) is 3.73. The van der Waals surface area contributed by atoms with E-state index in [4.69, 9.17) is 56.4 Å². The van der Waals surface area contributed by atoms with E-state index in [9.17, 15) is 0 Å². The molecule has 0 aliphatic carbocycles. The molecule has 2 aliphatic rings. The predicted molar refractivity (Wildman–Crippen MR) is 146 cm³/mol. The molecule has 0 N–H and O–H groups in total. The maximum Gasteiger partial charge on any atom is 0.152 e. The second-order valence-corrected chi connectivity index (χ2v) is 12.7. The molecule has 0 bridgehead atoms. The van der Waals surface area contributed by atoms with Gasteiger partial charge >= 0.3 is 0 Å². The van der Waals surface area contributed by atoms with Gasteiger partial charge in [0.25, 0.3) is 0 Å². The van der Waals surface area contributed by atoms with Gasteiger partial charge in [0, 0.05) is 21.2 Å². The fraction of sp³-hybridized carbons (Fsp3) is 0.462. The number of hydrogen-bond acceptors (Lipinski definition) is 4. The largest absolute Gasteiger partial charge is 0.258 e.